The van der Waals surface area contributed by atoms with E-state index in [1.165, 1.54) is 89.9 Å². The third-order valence-electron chi connectivity index (χ3n) is 5.18. The van der Waals surface area contributed by atoms with Crippen molar-refractivity contribution in [2.45, 2.75) is 136 Å². The van der Waals surface area contributed by atoms with E-state index in [0.29, 0.717) is 19.8 Å². The minimum Gasteiger partial charge on any atom is -0.328 e. The van der Waals surface area contributed by atoms with Crippen LogP contribution >= 0.6 is 0 Å². The van der Waals surface area contributed by atoms with Crippen molar-refractivity contribution in [3.05, 3.63) is 0 Å². The van der Waals surface area contributed by atoms with Gasteiger partial charge in [0.2, 0.25) is 0 Å². The van der Waals surface area contributed by atoms with Gasteiger partial charge in [0.1, 0.15) is 0 Å². The maximum absolute atomic E-state index is 5.79. The van der Waals surface area contributed by atoms with Crippen molar-refractivity contribution in [2.75, 3.05) is 19.8 Å². The second-order valence-corrected chi connectivity index (χ2v) is 7.68. The van der Waals surface area contributed by atoms with Crippen molar-refractivity contribution in [3.8, 4) is 0 Å². The van der Waals surface area contributed by atoms with Crippen LogP contribution in [0.25, 0.3) is 0 Å². The lowest BCUT2D eigenvalue weighted by Crippen LogP contribution is -2.39. The Morgan fingerprint density at radius 1 is 0.407 bits per heavy atom. The Bertz CT molecular complexity index is 264. The zero-order valence-electron chi connectivity index (χ0n) is 19.2. The molecule has 0 atom stereocenters. The molecule has 0 aromatic carbocycles. The maximum Gasteiger partial charge on any atom is 0.282 e. The lowest BCUT2D eigenvalue weighted by atomic mass is 10.0. The molecule has 0 saturated carbocycles. The van der Waals surface area contributed by atoms with Crippen molar-refractivity contribution < 1.29 is 14.2 Å². The molecule has 164 valence electrons. The first-order valence-electron chi connectivity index (χ1n) is 12.2. The molecule has 0 saturated heterocycles. The molecule has 0 aromatic rings. The highest BCUT2D eigenvalue weighted by Crippen LogP contribution is 2.24. The van der Waals surface area contributed by atoms with Gasteiger partial charge in [0, 0.05) is 26.2 Å². The van der Waals surface area contributed by atoms with Crippen LogP contribution < -0.4 is 0 Å². The second kappa shape index (κ2) is 20.6. The minimum atomic E-state index is -0.811. The normalized spacial score (nSPS) is 12.0. The molecule has 0 aliphatic rings. The third kappa shape index (κ3) is 16.5. The summed E-state index contributed by atoms with van der Waals surface area (Å²) in [4.78, 5) is 0. The van der Waals surface area contributed by atoms with Crippen LogP contribution in [0.4, 0.5) is 0 Å². The fourth-order valence-corrected chi connectivity index (χ4v) is 3.71. The molecule has 3 heteroatoms. The molecule has 0 bridgehead atoms. The first-order chi connectivity index (χ1) is 13.2. The summed E-state index contributed by atoms with van der Waals surface area (Å²) in [7, 11) is 0. The predicted molar refractivity (Wildman–Crippen MR) is 117 cm³/mol. The molecule has 0 spiro atoms. The molecular formula is C24H50O3. The summed E-state index contributed by atoms with van der Waals surface area (Å²) >= 11 is 0. The standard InChI is InChI=1S/C24H50O3/c1-5-9-10-11-12-13-14-15-16-17-18-19-20-21-22-23-24(25-6-2,26-7-3)27-8-4/h5-23H2,1-4H3. The smallest absolute Gasteiger partial charge is 0.282 e. The van der Waals surface area contributed by atoms with E-state index in [1.54, 1.807) is 0 Å². The summed E-state index contributed by atoms with van der Waals surface area (Å²) in [6, 6.07) is 0. The lowest BCUT2D eigenvalue weighted by molar-refractivity contribution is -0.380. The summed E-state index contributed by atoms with van der Waals surface area (Å²) < 4.78 is 17.4. The molecule has 3 nitrogen and oxygen atoms in total. The average molecular weight is 387 g/mol. The topological polar surface area (TPSA) is 27.7 Å². The van der Waals surface area contributed by atoms with Gasteiger partial charge in [-0.3, -0.25) is 0 Å². The van der Waals surface area contributed by atoms with Gasteiger partial charge in [0.05, 0.1) is 0 Å². The molecular weight excluding hydrogens is 336 g/mol. The molecule has 0 rings (SSSR count). The summed E-state index contributed by atoms with van der Waals surface area (Å²) in [5, 5.41) is 0. The van der Waals surface area contributed by atoms with E-state index in [9.17, 15) is 0 Å². The molecule has 0 aliphatic carbocycles. The Balaban J connectivity index is 3.49. The average Bonchev–Trinajstić information content (AvgIpc) is 2.65. The fourth-order valence-electron chi connectivity index (χ4n) is 3.71. The highest BCUT2D eigenvalue weighted by molar-refractivity contribution is 4.59. The van der Waals surface area contributed by atoms with E-state index in [4.69, 9.17) is 14.2 Å². The van der Waals surface area contributed by atoms with Gasteiger partial charge in [-0.1, -0.05) is 96.8 Å². The van der Waals surface area contributed by atoms with Crippen LogP contribution in [-0.2, 0) is 14.2 Å². The first kappa shape index (κ1) is 26.9. The zero-order chi connectivity index (χ0) is 20.1. The number of ether oxygens (including phenoxy) is 3. The van der Waals surface area contributed by atoms with Crippen LogP contribution in [0.1, 0.15) is 130 Å². The summed E-state index contributed by atoms with van der Waals surface area (Å²) in [6.45, 7) is 10.2. The molecule has 0 amide bonds. The molecule has 0 fully saturated rings. The predicted octanol–water partition coefficient (Wildman–Crippen LogP) is 8.01. The van der Waals surface area contributed by atoms with E-state index >= 15 is 0 Å². The van der Waals surface area contributed by atoms with Crippen molar-refractivity contribution >= 4 is 0 Å². The molecule has 0 radical (unpaired) electrons. The van der Waals surface area contributed by atoms with Crippen molar-refractivity contribution in [2.24, 2.45) is 0 Å². The summed E-state index contributed by atoms with van der Waals surface area (Å²) in [5.74, 6) is -0.811. The Kier molecular flexibility index (Phi) is 20.5. The SMILES string of the molecule is CCCCCCCCCCCCCCCCCC(OCC)(OCC)OCC. The van der Waals surface area contributed by atoms with Crippen LogP contribution in [0, 0.1) is 0 Å². The maximum atomic E-state index is 5.79. The number of hydrogen-bond acceptors (Lipinski definition) is 3. The number of unbranched alkanes of at least 4 members (excludes halogenated alkanes) is 14. The third-order valence-corrected chi connectivity index (χ3v) is 5.18. The molecule has 0 heterocycles. The summed E-state index contributed by atoms with van der Waals surface area (Å²) in [5.41, 5.74) is 0. The second-order valence-electron chi connectivity index (χ2n) is 7.68. The highest BCUT2D eigenvalue weighted by Gasteiger charge is 2.31. The van der Waals surface area contributed by atoms with E-state index in [2.05, 4.69) is 6.92 Å². The van der Waals surface area contributed by atoms with Crippen LogP contribution in [0.15, 0.2) is 0 Å². The van der Waals surface area contributed by atoms with Gasteiger partial charge in [0.15, 0.2) is 0 Å². The van der Waals surface area contributed by atoms with Crippen molar-refractivity contribution in [1.82, 2.24) is 0 Å². The summed E-state index contributed by atoms with van der Waals surface area (Å²) in [6.07, 6.45) is 21.5. The largest absolute Gasteiger partial charge is 0.328 e. The minimum absolute atomic E-state index is 0.624. The molecule has 0 unspecified atom stereocenters. The van der Waals surface area contributed by atoms with E-state index < -0.39 is 5.97 Å². The van der Waals surface area contributed by atoms with Gasteiger partial charge >= 0.3 is 0 Å². The van der Waals surface area contributed by atoms with Gasteiger partial charge in [-0.05, 0) is 27.2 Å². The van der Waals surface area contributed by atoms with E-state index in [-0.39, 0.29) is 0 Å². The van der Waals surface area contributed by atoms with Crippen LogP contribution in [-0.4, -0.2) is 25.8 Å². The van der Waals surface area contributed by atoms with Gasteiger partial charge in [-0.15, -0.1) is 0 Å². The first-order valence-corrected chi connectivity index (χ1v) is 12.2. The molecule has 0 N–H and O–H groups in total. The van der Waals surface area contributed by atoms with Gasteiger partial charge < -0.3 is 14.2 Å². The Labute approximate surface area is 170 Å². The molecule has 27 heavy (non-hydrogen) atoms. The molecule has 0 aliphatic heterocycles. The van der Waals surface area contributed by atoms with Crippen LogP contribution in [0.5, 0.6) is 0 Å². The van der Waals surface area contributed by atoms with E-state index in [1.807, 2.05) is 20.8 Å². The van der Waals surface area contributed by atoms with Gasteiger partial charge in [-0.2, -0.15) is 0 Å². The van der Waals surface area contributed by atoms with Gasteiger partial charge in [0.25, 0.3) is 5.97 Å². The van der Waals surface area contributed by atoms with Crippen molar-refractivity contribution in [3.63, 3.8) is 0 Å². The van der Waals surface area contributed by atoms with Gasteiger partial charge in [-0.25, -0.2) is 0 Å². The van der Waals surface area contributed by atoms with Crippen molar-refractivity contribution in [1.29, 1.82) is 0 Å². The Morgan fingerprint density at radius 2 is 0.704 bits per heavy atom. The fraction of sp³-hybridized carbons (Fsp3) is 1.00. The number of rotatable bonds is 22. The molecule has 0 aromatic heterocycles. The highest BCUT2D eigenvalue weighted by atomic mass is 16.9. The van der Waals surface area contributed by atoms with E-state index in [0.717, 1.165) is 12.8 Å². The number of hydrogen-bond donors (Lipinski definition) is 0. The van der Waals surface area contributed by atoms with Crippen LogP contribution in [0.3, 0.4) is 0 Å². The van der Waals surface area contributed by atoms with Crippen LogP contribution in [0.2, 0.25) is 0 Å². The zero-order valence-corrected chi connectivity index (χ0v) is 19.2. The lowest BCUT2D eigenvalue weighted by Gasteiger charge is -2.32. The Hall–Kier alpha value is -0.120. The monoisotopic (exact) mass is 386 g/mol. The quantitative estimate of drug-likeness (QED) is 0.139. The Morgan fingerprint density at radius 3 is 1.00 bits per heavy atom.